The second-order valence-electron chi connectivity index (χ2n) is 14.7. The van der Waals surface area contributed by atoms with E-state index in [4.69, 9.17) is 15.0 Å². The van der Waals surface area contributed by atoms with Gasteiger partial charge in [-0.1, -0.05) is 188 Å². The summed E-state index contributed by atoms with van der Waals surface area (Å²) in [5.41, 5.74) is 12.0. The minimum atomic E-state index is 0.622. The Balaban J connectivity index is 1.07. The van der Waals surface area contributed by atoms with Gasteiger partial charge in [0.05, 0.1) is 0 Å². The summed E-state index contributed by atoms with van der Waals surface area (Å²) in [6, 6.07) is 75.1. The summed E-state index contributed by atoms with van der Waals surface area (Å²) in [6.45, 7) is 0. The third kappa shape index (κ3) is 6.37. The molecule has 0 fully saturated rings. The lowest BCUT2D eigenvalue weighted by Crippen LogP contribution is -2.01. The number of aromatic nitrogens is 3. The Kier molecular flexibility index (Phi) is 8.68. The predicted octanol–water partition coefficient (Wildman–Crippen LogP) is 15.1. The maximum Gasteiger partial charge on any atom is 0.164 e. The van der Waals surface area contributed by atoms with Crippen molar-refractivity contribution in [3.8, 4) is 78.7 Å². The molecular formula is C55H35N3S. The molecule has 11 rings (SSSR count). The fourth-order valence-electron chi connectivity index (χ4n) is 8.38. The molecule has 0 aliphatic rings. The smallest absolute Gasteiger partial charge is 0.164 e. The van der Waals surface area contributed by atoms with Gasteiger partial charge in [-0.15, -0.1) is 11.3 Å². The second kappa shape index (κ2) is 14.8. The Morgan fingerprint density at radius 2 is 0.729 bits per heavy atom. The molecule has 3 nitrogen and oxygen atoms in total. The summed E-state index contributed by atoms with van der Waals surface area (Å²) in [6.07, 6.45) is 0. The average molecular weight is 770 g/mol. The topological polar surface area (TPSA) is 38.7 Å². The van der Waals surface area contributed by atoms with Crippen molar-refractivity contribution in [1.82, 2.24) is 15.0 Å². The molecule has 0 aliphatic heterocycles. The zero-order chi connectivity index (χ0) is 39.1. The number of benzene rings is 9. The monoisotopic (exact) mass is 769 g/mol. The zero-order valence-electron chi connectivity index (χ0n) is 32.0. The standard InChI is InChI=1S/C55H35N3S/c1-3-16-36(17-4-1)38-20-13-22-40(34-38)53-56-54(58-55(57-53)48-27-10-7-24-42(48)37-18-5-2-6-19-37)41-23-14-21-39(35-41)43-32-33-46(45-26-9-8-25-44(43)45)47-29-15-31-51-52(47)49-28-11-12-30-50(49)59-51/h1-35H. The first-order valence-electron chi connectivity index (χ1n) is 19.9. The number of hydrogen-bond donors (Lipinski definition) is 0. The van der Waals surface area contributed by atoms with E-state index in [0.29, 0.717) is 17.5 Å². The largest absolute Gasteiger partial charge is 0.208 e. The summed E-state index contributed by atoms with van der Waals surface area (Å²) >= 11 is 1.86. The lowest BCUT2D eigenvalue weighted by molar-refractivity contribution is 1.07. The fourth-order valence-corrected chi connectivity index (χ4v) is 9.51. The molecule has 59 heavy (non-hydrogen) atoms. The number of fused-ring (bicyclic) bond motifs is 4. The van der Waals surface area contributed by atoms with Crippen LogP contribution in [0.25, 0.3) is 110 Å². The van der Waals surface area contributed by atoms with Gasteiger partial charge < -0.3 is 0 Å². The SMILES string of the molecule is c1ccc(-c2cccc(-c3nc(-c4cccc(-c5ccc(-c6cccc7sc8ccccc8c67)c6ccccc56)c4)nc(-c4ccccc4-c4ccccc4)n3)c2)cc1. The first kappa shape index (κ1) is 34.7. The predicted molar refractivity (Wildman–Crippen MR) is 248 cm³/mol. The maximum absolute atomic E-state index is 5.24. The van der Waals surface area contributed by atoms with Crippen LogP contribution in [0, 0.1) is 0 Å². The van der Waals surface area contributed by atoms with Crippen LogP contribution in [0.2, 0.25) is 0 Å². The summed E-state index contributed by atoms with van der Waals surface area (Å²) in [4.78, 5) is 15.7. The van der Waals surface area contributed by atoms with Crippen molar-refractivity contribution in [3.63, 3.8) is 0 Å². The zero-order valence-corrected chi connectivity index (χ0v) is 32.8. The van der Waals surface area contributed by atoms with Crippen LogP contribution < -0.4 is 0 Å². The minimum Gasteiger partial charge on any atom is -0.208 e. The van der Waals surface area contributed by atoms with E-state index >= 15 is 0 Å². The van der Waals surface area contributed by atoms with Crippen molar-refractivity contribution in [2.24, 2.45) is 0 Å². The lowest BCUT2D eigenvalue weighted by atomic mass is 9.90. The van der Waals surface area contributed by atoms with Crippen LogP contribution in [-0.4, -0.2) is 15.0 Å². The summed E-state index contributed by atoms with van der Waals surface area (Å²) in [5, 5.41) is 5.04. The van der Waals surface area contributed by atoms with E-state index in [-0.39, 0.29) is 0 Å². The van der Waals surface area contributed by atoms with Gasteiger partial charge in [-0.2, -0.15) is 0 Å². The van der Waals surface area contributed by atoms with Crippen molar-refractivity contribution < 1.29 is 0 Å². The Morgan fingerprint density at radius 3 is 1.47 bits per heavy atom. The molecule has 0 saturated carbocycles. The molecule has 0 unspecified atom stereocenters. The Morgan fingerprint density at radius 1 is 0.254 bits per heavy atom. The molecule has 9 aromatic carbocycles. The molecule has 0 amide bonds. The van der Waals surface area contributed by atoms with E-state index in [2.05, 4.69) is 200 Å². The van der Waals surface area contributed by atoms with Gasteiger partial charge in [-0.25, -0.2) is 15.0 Å². The van der Waals surface area contributed by atoms with Crippen LogP contribution in [-0.2, 0) is 0 Å². The van der Waals surface area contributed by atoms with Crippen molar-refractivity contribution in [2.45, 2.75) is 0 Å². The van der Waals surface area contributed by atoms with Gasteiger partial charge in [0.15, 0.2) is 17.5 Å². The summed E-state index contributed by atoms with van der Waals surface area (Å²) in [5.74, 6) is 1.88. The molecule has 4 heteroatoms. The number of hydrogen-bond acceptors (Lipinski definition) is 4. The summed E-state index contributed by atoms with van der Waals surface area (Å²) in [7, 11) is 0. The van der Waals surface area contributed by atoms with Crippen LogP contribution in [0.1, 0.15) is 0 Å². The third-order valence-corrected chi connectivity index (χ3v) is 12.3. The van der Waals surface area contributed by atoms with E-state index in [9.17, 15) is 0 Å². The van der Waals surface area contributed by atoms with Crippen molar-refractivity contribution in [1.29, 1.82) is 0 Å². The number of rotatable bonds is 7. The highest BCUT2D eigenvalue weighted by Gasteiger charge is 2.18. The third-order valence-electron chi connectivity index (χ3n) is 11.2. The van der Waals surface area contributed by atoms with Gasteiger partial charge in [-0.3, -0.25) is 0 Å². The molecule has 0 spiro atoms. The highest BCUT2D eigenvalue weighted by molar-refractivity contribution is 7.25. The normalized spacial score (nSPS) is 11.4. The van der Waals surface area contributed by atoms with Crippen molar-refractivity contribution in [2.75, 3.05) is 0 Å². The van der Waals surface area contributed by atoms with Gasteiger partial charge in [0, 0.05) is 36.9 Å². The van der Waals surface area contributed by atoms with Crippen LogP contribution in [0.5, 0.6) is 0 Å². The molecule has 0 atom stereocenters. The summed E-state index contributed by atoms with van der Waals surface area (Å²) < 4.78 is 2.61. The molecule has 2 heterocycles. The molecule has 0 radical (unpaired) electrons. The highest BCUT2D eigenvalue weighted by atomic mass is 32.1. The van der Waals surface area contributed by atoms with Crippen molar-refractivity contribution >= 4 is 42.3 Å². The van der Waals surface area contributed by atoms with Crippen LogP contribution in [0.15, 0.2) is 212 Å². The van der Waals surface area contributed by atoms with Crippen LogP contribution in [0.4, 0.5) is 0 Å². The number of thiophene rings is 1. The lowest BCUT2D eigenvalue weighted by Gasteiger charge is -2.15. The Bertz CT molecular complexity index is 3330. The minimum absolute atomic E-state index is 0.622. The second-order valence-corrected chi connectivity index (χ2v) is 15.8. The first-order chi connectivity index (χ1) is 29.2. The van der Waals surface area contributed by atoms with E-state index in [1.165, 1.54) is 42.1 Å². The molecule has 0 N–H and O–H groups in total. The molecular weight excluding hydrogens is 735 g/mol. The molecule has 0 saturated heterocycles. The average Bonchev–Trinajstić information content (AvgIpc) is 3.71. The van der Waals surface area contributed by atoms with Gasteiger partial charge >= 0.3 is 0 Å². The molecule has 11 aromatic rings. The van der Waals surface area contributed by atoms with E-state index in [1.54, 1.807) is 0 Å². The van der Waals surface area contributed by atoms with Crippen molar-refractivity contribution in [3.05, 3.63) is 212 Å². The van der Waals surface area contributed by atoms with Gasteiger partial charge in [0.25, 0.3) is 0 Å². The van der Waals surface area contributed by atoms with Gasteiger partial charge in [0.2, 0.25) is 0 Å². The van der Waals surface area contributed by atoms with Gasteiger partial charge in [-0.05, 0) is 79.5 Å². The van der Waals surface area contributed by atoms with Crippen LogP contribution in [0.3, 0.4) is 0 Å². The van der Waals surface area contributed by atoms with E-state index in [0.717, 1.165) is 50.1 Å². The van der Waals surface area contributed by atoms with Crippen LogP contribution >= 0.6 is 11.3 Å². The van der Waals surface area contributed by atoms with E-state index in [1.807, 2.05) is 23.5 Å². The maximum atomic E-state index is 5.24. The van der Waals surface area contributed by atoms with E-state index < -0.39 is 0 Å². The Labute approximate surface area is 346 Å². The molecule has 276 valence electrons. The molecule has 0 aliphatic carbocycles. The Hall–Kier alpha value is -7.53. The highest BCUT2D eigenvalue weighted by Crippen LogP contribution is 2.44. The fraction of sp³-hybridized carbons (Fsp3) is 0. The number of nitrogens with zero attached hydrogens (tertiary/aromatic N) is 3. The molecule has 0 bridgehead atoms. The molecule has 2 aromatic heterocycles. The van der Waals surface area contributed by atoms with Gasteiger partial charge in [0.1, 0.15) is 0 Å². The quantitative estimate of drug-likeness (QED) is 0.162. The first-order valence-corrected chi connectivity index (χ1v) is 20.7.